The predicted octanol–water partition coefficient (Wildman–Crippen LogP) is 2.59. The Morgan fingerprint density at radius 1 is 1.12 bits per heavy atom. The van der Waals surface area contributed by atoms with Gasteiger partial charge in [-0.25, -0.2) is 0 Å². The standard InChI is InChI=1S/C20H32N4O/c1-2-5-20(25)17-14-18(22-8-11-23-9-3-4-10-23)16-19(15-17)24-12-6-21-7-13-24/h14-16,21-22H,2-13H2,1H3. The normalized spacial score (nSPS) is 18.5. The number of hydrogen-bond acceptors (Lipinski definition) is 5. The van der Waals surface area contributed by atoms with E-state index >= 15 is 0 Å². The largest absolute Gasteiger partial charge is 0.384 e. The highest BCUT2D eigenvalue weighted by Crippen LogP contribution is 2.24. The molecule has 0 atom stereocenters. The van der Waals surface area contributed by atoms with Gasteiger partial charge >= 0.3 is 0 Å². The molecule has 5 heteroatoms. The number of piperazine rings is 1. The highest BCUT2D eigenvalue weighted by molar-refractivity contribution is 5.98. The van der Waals surface area contributed by atoms with Gasteiger partial charge in [-0.1, -0.05) is 6.92 Å². The third-order valence-electron chi connectivity index (χ3n) is 5.15. The van der Waals surface area contributed by atoms with Crippen LogP contribution in [0.2, 0.25) is 0 Å². The number of hydrogen-bond donors (Lipinski definition) is 2. The highest BCUT2D eigenvalue weighted by atomic mass is 16.1. The molecule has 1 aromatic carbocycles. The van der Waals surface area contributed by atoms with Crippen LogP contribution in [0.3, 0.4) is 0 Å². The van der Waals surface area contributed by atoms with E-state index in [0.29, 0.717) is 6.42 Å². The molecule has 0 amide bonds. The molecule has 0 aliphatic carbocycles. The molecule has 2 saturated heterocycles. The summed E-state index contributed by atoms with van der Waals surface area (Å²) in [6, 6.07) is 6.32. The molecule has 0 bridgehead atoms. The smallest absolute Gasteiger partial charge is 0.163 e. The van der Waals surface area contributed by atoms with Gasteiger partial charge in [0.05, 0.1) is 0 Å². The van der Waals surface area contributed by atoms with Gasteiger partial charge in [0.1, 0.15) is 0 Å². The monoisotopic (exact) mass is 344 g/mol. The number of nitrogens with one attached hydrogen (secondary N) is 2. The van der Waals surface area contributed by atoms with Crippen molar-refractivity contribution in [3.63, 3.8) is 0 Å². The molecule has 0 radical (unpaired) electrons. The Morgan fingerprint density at radius 2 is 1.88 bits per heavy atom. The van der Waals surface area contributed by atoms with Gasteiger partial charge in [0.15, 0.2) is 5.78 Å². The minimum Gasteiger partial charge on any atom is -0.384 e. The molecule has 2 aliphatic heterocycles. The maximum atomic E-state index is 12.4. The average molecular weight is 345 g/mol. The number of Topliss-reactive ketones (excluding diaryl/α,β-unsaturated/α-hetero) is 1. The Kier molecular flexibility index (Phi) is 6.70. The lowest BCUT2D eigenvalue weighted by molar-refractivity contribution is 0.0982. The SMILES string of the molecule is CCCC(=O)c1cc(NCCN2CCCC2)cc(N2CCNCC2)c1. The van der Waals surface area contributed by atoms with Crippen molar-refractivity contribution in [2.24, 2.45) is 0 Å². The van der Waals surface area contributed by atoms with Crippen LogP contribution in [0, 0.1) is 0 Å². The maximum absolute atomic E-state index is 12.4. The van der Waals surface area contributed by atoms with E-state index in [-0.39, 0.29) is 5.78 Å². The quantitative estimate of drug-likeness (QED) is 0.710. The van der Waals surface area contributed by atoms with E-state index in [4.69, 9.17) is 0 Å². The molecule has 2 N–H and O–H groups in total. The van der Waals surface area contributed by atoms with E-state index in [1.54, 1.807) is 0 Å². The van der Waals surface area contributed by atoms with Crippen LogP contribution in [0.15, 0.2) is 18.2 Å². The van der Waals surface area contributed by atoms with E-state index < -0.39 is 0 Å². The molecule has 0 saturated carbocycles. The van der Waals surface area contributed by atoms with Crippen molar-refractivity contribution in [3.8, 4) is 0 Å². The predicted molar refractivity (Wildman–Crippen MR) is 105 cm³/mol. The second kappa shape index (κ2) is 9.20. The molecule has 1 aromatic rings. The first-order valence-electron chi connectivity index (χ1n) is 9.86. The van der Waals surface area contributed by atoms with Crippen molar-refractivity contribution < 1.29 is 4.79 Å². The summed E-state index contributed by atoms with van der Waals surface area (Å²) in [5.74, 6) is 0.252. The molecule has 0 spiro atoms. The third kappa shape index (κ3) is 5.19. The number of nitrogens with zero attached hydrogens (tertiary/aromatic N) is 2. The lowest BCUT2D eigenvalue weighted by Crippen LogP contribution is -2.43. The van der Waals surface area contributed by atoms with E-state index in [2.05, 4.69) is 39.5 Å². The number of likely N-dealkylation sites (tertiary alicyclic amines) is 1. The zero-order valence-corrected chi connectivity index (χ0v) is 15.5. The van der Waals surface area contributed by atoms with E-state index in [9.17, 15) is 4.79 Å². The van der Waals surface area contributed by atoms with Crippen molar-refractivity contribution in [1.29, 1.82) is 0 Å². The van der Waals surface area contributed by atoms with Gasteiger partial charge in [0.25, 0.3) is 0 Å². The van der Waals surface area contributed by atoms with Crippen molar-refractivity contribution in [2.45, 2.75) is 32.6 Å². The number of benzene rings is 1. The third-order valence-corrected chi connectivity index (χ3v) is 5.15. The Hall–Kier alpha value is -1.59. The fourth-order valence-electron chi connectivity index (χ4n) is 3.72. The number of ketones is 1. The van der Waals surface area contributed by atoms with Crippen LogP contribution in [0.1, 0.15) is 43.0 Å². The first-order valence-corrected chi connectivity index (χ1v) is 9.86. The summed E-state index contributed by atoms with van der Waals surface area (Å²) in [4.78, 5) is 17.3. The van der Waals surface area contributed by atoms with E-state index in [0.717, 1.165) is 56.9 Å². The topological polar surface area (TPSA) is 47.6 Å². The fourth-order valence-corrected chi connectivity index (χ4v) is 3.72. The number of rotatable bonds is 8. The van der Waals surface area contributed by atoms with Crippen molar-refractivity contribution in [3.05, 3.63) is 23.8 Å². The summed E-state index contributed by atoms with van der Waals surface area (Å²) in [5, 5.41) is 6.94. The molecule has 0 aromatic heterocycles. The van der Waals surface area contributed by atoms with Gasteiger partial charge in [0.2, 0.25) is 0 Å². The molecule has 2 heterocycles. The Labute approximate surface area is 151 Å². The maximum Gasteiger partial charge on any atom is 0.163 e. The van der Waals surface area contributed by atoms with Crippen molar-refractivity contribution in [2.75, 3.05) is 62.6 Å². The Bertz CT molecular complexity index is 563. The lowest BCUT2D eigenvalue weighted by atomic mass is 10.0. The minimum atomic E-state index is 0.252. The first-order chi connectivity index (χ1) is 12.3. The van der Waals surface area contributed by atoms with E-state index in [1.165, 1.54) is 31.6 Å². The molecule has 3 rings (SSSR count). The zero-order valence-electron chi connectivity index (χ0n) is 15.5. The van der Waals surface area contributed by atoms with Crippen LogP contribution in [0.5, 0.6) is 0 Å². The van der Waals surface area contributed by atoms with E-state index in [1.807, 2.05) is 6.07 Å². The van der Waals surface area contributed by atoms with Crippen molar-refractivity contribution in [1.82, 2.24) is 10.2 Å². The van der Waals surface area contributed by atoms with Gasteiger partial charge < -0.3 is 20.4 Å². The lowest BCUT2D eigenvalue weighted by Gasteiger charge is -2.30. The van der Waals surface area contributed by atoms with Gasteiger partial charge in [-0.2, -0.15) is 0 Å². The fraction of sp³-hybridized carbons (Fsp3) is 0.650. The first kappa shape index (κ1) is 18.2. The van der Waals surface area contributed by atoms with Crippen molar-refractivity contribution >= 4 is 17.2 Å². The van der Waals surface area contributed by atoms with Crippen LogP contribution < -0.4 is 15.5 Å². The van der Waals surface area contributed by atoms with Crippen LogP contribution in [0.4, 0.5) is 11.4 Å². The second-order valence-corrected chi connectivity index (χ2v) is 7.15. The molecule has 2 fully saturated rings. The number of carbonyl (C=O) groups is 1. The molecule has 138 valence electrons. The van der Waals surface area contributed by atoms with Gasteiger partial charge in [0, 0.05) is 62.6 Å². The average Bonchev–Trinajstić information content (AvgIpc) is 3.16. The second-order valence-electron chi connectivity index (χ2n) is 7.15. The Morgan fingerprint density at radius 3 is 2.60 bits per heavy atom. The van der Waals surface area contributed by atoms with Crippen LogP contribution in [0.25, 0.3) is 0 Å². The molecular formula is C20H32N4O. The summed E-state index contributed by atoms with van der Waals surface area (Å²) >= 11 is 0. The van der Waals surface area contributed by atoms with Gasteiger partial charge in [-0.05, 0) is 50.6 Å². The highest BCUT2D eigenvalue weighted by Gasteiger charge is 2.15. The summed E-state index contributed by atoms with van der Waals surface area (Å²) in [6.45, 7) is 10.5. The summed E-state index contributed by atoms with van der Waals surface area (Å²) < 4.78 is 0. The van der Waals surface area contributed by atoms with Crippen LogP contribution >= 0.6 is 0 Å². The molecule has 2 aliphatic rings. The zero-order chi connectivity index (χ0) is 17.5. The van der Waals surface area contributed by atoms with Gasteiger partial charge in [-0.15, -0.1) is 0 Å². The number of anilines is 2. The molecular weight excluding hydrogens is 312 g/mol. The minimum absolute atomic E-state index is 0.252. The molecule has 25 heavy (non-hydrogen) atoms. The van der Waals surface area contributed by atoms with Crippen LogP contribution in [-0.2, 0) is 0 Å². The molecule has 0 unspecified atom stereocenters. The Balaban J connectivity index is 1.70. The number of carbonyl (C=O) groups excluding carboxylic acids is 1. The molecule has 5 nitrogen and oxygen atoms in total. The summed E-state index contributed by atoms with van der Waals surface area (Å²) in [5.41, 5.74) is 3.10. The van der Waals surface area contributed by atoms with Crippen LogP contribution in [-0.4, -0.2) is 63.0 Å². The summed E-state index contributed by atoms with van der Waals surface area (Å²) in [7, 11) is 0. The van der Waals surface area contributed by atoms with Gasteiger partial charge in [-0.3, -0.25) is 4.79 Å². The summed E-state index contributed by atoms with van der Waals surface area (Å²) in [6.07, 6.45) is 4.18.